The summed E-state index contributed by atoms with van der Waals surface area (Å²) in [6.07, 6.45) is 0.708. The lowest BCUT2D eigenvalue weighted by Crippen LogP contribution is -1.91. The number of aliphatic hydroxyl groups is 1. The Hall–Kier alpha value is -0.450. The van der Waals surface area contributed by atoms with E-state index >= 15 is 0 Å². The van der Waals surface area contributed by atoms with Crippen LogP contribution in [0, 0.1) is 0 Å². The molecule has 0 aromatic heterocycles. The number of carbonyl (C=O) groups is 1. The van der Waals surface area contributed by atoms with Crippen LogP contribution in [-0.4, -0.2) is 45.4 Å². The van der Waals surface area contributed by atoms with Gasteiger partial charge in [0.25, 0.3) is 0 Å². The molecule has 1 N–H and O–H groups in total. The average molecular weight is 150 g/mol. The fraction of sp³-hybridized carbons (Fsp3) is 0.833. The number of methoxy groups -OCH3 is 2. The molecule has 0 spiro atoms. The summed E-state index contributed by atoms with van der Waals surface area (Å²) in [6, 6.07) is 0. The maximum absolute atomic E-state index is 9.28. The van der Waals surface area contributed by atoms with Gasteiger partial charge in [-0.3, -0.25) is 0 Å². The van der Waals surface area contributed by atoms with Crippen molar-refractivity contribution in [1.82, 2.24) is 0 Å². The molecular weight excluding hydrogens is 136 g/mol. The minimum Gasteiger partial charge on any atom is -0.394 e. The lowest BCUT2D eigenvalue weighted by molar-refractivity contribution is -0.110. The molecule has 4 heteroatoms. The van der Waals surface area contributed by atoms with Crippen molar-refractivity contribution >= 4 is 6.29 Å². The maximum Gasteiger partial charge on any atom is 0.145 e. The van der Waals surface area contributed by atoms with Crippen molar-refractivity contribution in [3.63, 3.8) is 0 Å². The molecular formula is C6H14O4. The summed E-state index contributed by atoms with van der Waals surface area (Å²) in [5.74, 6) is 0. The van der Waals surface area contributed by atoms with E-state index in [1.807, 2.05) is 0 Å². The van der Waals surface area contributed by atoms with Crippen LogP contribution in [0.4, 0.5) is 0 Å². The van der Waals surface area contributed by atoms with Crippen molar-refractivity contribution in [1.29, 1.82) is 0 Å². The number of aliphatic hydroxyl groups excluding tert-OH is 1. The van der Waals surface area contributed by atoms with Gasteiger partial charge < -0.3 is 19.4 Å². The van der Waals surface area contributed by atoms with Gasteiger partial charge >= 0.3 is 0 Å². The second-order valence-corrected chi connectivity index (χ2v) is 1.34. The predicted molar refractivity (Wildman–Crippen MR) is 36.9 cm³/mol. The highest BCUT2D eigenvalue weighted by atomic mass is 16.5. The van der Waals surface area contributed by atoms with Gasteiger partial charge in [-0.15, -0.1) is 0 Å². The Morgan fingerprint density at radius 1 is 1.40 bits per heavy atom. The Labute approximate surface area is 60.8 Å². The van der Waals surface area contributed by atoms with Crippen LogP contribution in [0.1, 0.15) is 0 Å². The molecule has 0 amide bonds. The summed E-state index contributed by atoms with van der Waals surface area (Å²) in [6.45, 7) is 0.774. The maximum atomic E-state index is 9.28. The van der Waals surface area contributed by atoms with E-state index in [1.54, 1.807) is 7.11 Å². The van der Waals surface area contributed by atoms with Crippen molar-refractivity contribution in [2.45, 2.75) is 0 Å². The number of hydrogen-bond donors (Lipinski definition) is 1. The lowest BCUT2D eigenvalue weighted by atomic mass is 10.8. The molecule has 0 aliphatic rings. The SMILES string of the molecule is COCC=O.COCCO. The molecule has 0 heterocycles. The van der Waals surface area contributed by atoms with Crippen LogP contribution < -0.4 is 0 Å². The van der Waals surface area contributed by atoms with Crippen molar-refractivity contribution in [2.75, 3.05) is 34.0 Å². The zero-order valence-corrected chi connectivity index (χ0v) is 6.37. The van der Waals surface area contributed by atoms with Gasteiger partial charge in [-0.1, -0.05) is 0 Å². The summed E-state index contributed by atoms with van der Waals surface area (Å²) in [5, 5.41) is 7.94. The van der Waals surface area contributed by atoms with Gasteiger partial charge in [-0.25, -0.2) is 0 Å². The summed E-state index contributed by atoms with van der Waals surface area (Å²) < 4.78 is 8.76. The van der Waals surface area contributed by atoms with Gasteiger partial charge in [0, 0.05) is 14.2 Å². The normalized spacial score (nSPS) is 7.90. The van der Waals surface area contributed by atoms with E-state index in [0.29, 0.717) is 12.9 Å². The fourth-order valence-corrected chi connectivity index (χ4v) is 0.159. The summed E-state index contributed by atoms with van der Waals surface area (Å²) in [5.41, 5.74) is 0. The zero-order chi connectivity index (χ0) is 8.24. The number of rotatable bonds is 4. The summed E-state index contributed by atoms with van der Waals surface area (Å²) in [4.78, 5) is 9.28. The smallest absolute Gasteiger partial charge is 0.145 e. The molecule has 4 nitrogen and oxygen atoms in total. The molecule has 62 valence electrons. The van der Waals surface area contributed by atoms with Gasteiger partial charge in [0.05, 0.1) is 13.2 Å². The number of carbonyl (C=O) groups excluding carboxylic acids is 1. The first kappa shape index (κ1) is 12.2. The average Bonchev–Trinajstić information content (AvgIpc) is 1.93. The first-order valence-electron chi connectivity index (χ1n) is 2.85. The van der Waals surface area contributed by atoms with E-state index in [4.69, 9.17) is 5.11 Å². The van der Waals surface area contributed by atoms with Gasteiger partial charge in [0.15, 0.2) is 0 Å². The van der Waals surface area contributed by atoms with E-state index in [1.165, 1.54) is 7.11 Å². The Morgan fingerprint density at radius 3 is 2.00 bits per heavy atom. The van der Waals surface area contributed by atoms with Crippen LogP contribution in [0.25, 0.3) is 0 Å². The topological polar surface area (TPSA) is 55.8 Å². The minimum absolute atomic E-state index is 0.122. The molecule has 0 aromatic rings. The van der Waals surface area contributed by atoms with Gasteiger partial charge in [0.2, 0.25) is 0 Å². The molecule has 0 aromatic carbocycles. The number of ether oxygens (including phenoxy) is 2. The molecule has 0 aliphatic heterocycles. The first-order chi connectivity index (χ1) is 4.83. The van der Waals surface area contributed by atoms with E-state index in [2.05, 4.69) is 9.47 Å². The molecule has 0 fully saturated rings. The third kappa shape index (κ3) is 25.7. The highest BCUT2D eigenvalue weighted by Gasteiger charge is 1.67. The largest absolute Gasteiger partial charge is 0.394 e. The van der Waals surface area contributed by atoms with Crippen molar-refractivity contribution in [3.8, 4) is 0 Å². The van der Waals surface area contributed by atoms with Crippen molar-refractivity contribution in [3.05, 3.63) is 0 Å². The number of hydrogen-bond acceptors (Lipinski definition) is 4. The van der Waals surface area contributed by atoms with Crippen LogP contribution in [0.5, 0.6) is 0 Å². The Balaban J connectivity index is 0. The van der Waals surface area contributed by atoms with Gasteiger partial charge in [0.1, 0.15) is 12.9 Å². The van der Waals surface area contributed by atoms with Crippen LogP contribution in [0.2, 0.25) is 0 Å². The monoisotopic (exact) mass is 150 g/mol. The molecule has 0 radical (unpaired) electrons. The zero-order valence-electron chi connectivity index (χ0n) is 6.37. The molecule has 0 atom stereocenters. The molecule has 10 heavy (non-hydrogen) atoms. The standard InChI is InChI=1S/C3H8O2.C3H6O2/c2*1-5-3-2-4/h4H,2-3H2,1H3;2H,3H2,1H3. The van der Waals surface area contributed by atoms with Gasteiger partial charge in [-0.2, -0.15) is 0 Å². The van der Waals surface area contributed by atoms with Crippen molar-refractivity contribution in [2.24, 2.45) is 0 Å². The lowest BCUT2D eigenvalue weighted by Gasteiger charge is -1.84. The van der Waals surface area contributed by atoms with Crippen molar-refractivity contribution < 1.29 is 19.4 Å². The molecule has 0 unspecified atom stereocenters. The first-order valence-corrected chi connectivity index (χ1v) is 2.85. The Bertz CT molecular complexity index is 53.7. The Kier molecular flexibility index (Phi) is 19.4. The Morgan fingerprint density at radius 2 is 2.00 bits per heavy atom. The van der Waals surface area contributed by atoms with Crippen LogP contribution in [-0.2, 0) is 14.3 Å². The van der Waals surface area contributed by atoms with Crippen LogP contribution in [0.15, 0.2) is 0 Å². The minimum atomic E-state index is 0.122. The fourth-order valence-electron chi connectivity index (χ4n) is 0.159. The second-order valence-electron chi connectivity index (χ2n) is 1.34. The van der Waals surface area contributed by atoms with E-state index in [-0.39, 0.29) is 13.2 Å². The highest BCUT2D eigenvalue weighted by molar-refractivity contribution is 5.50. The van der Waals surface area contributed by atoms with Gasteiger partial charge in [-0.05, 0) is 0 Å². The quantitative estimate of drug-likeness (QED) is 0.547. The van der Waals surface area contributed by atoms with Crippen LogP contribution >= 0.6 is 0 Å². The van der Waals surface area contributed by atoms with Crippen LogP contribution in [0.3, 0.4) is 0 Å². The van der Waals surface area contributed by atoms with E-state index in [9.17, 15) is 4.79 Å². The third-order valence-corrected chi connectivity index (χ3v) is 0.530. The molecule has 0 saturated carbocycles. The molecule has 0 bridgehead atoms. The molecule has 0 aliphatic carbocycles. The predicted octanol–water partition coefficient (Wildman–Crippen LogP) is -0.543. The molecule has 0 saturated heterocycles. The summed E-state index contributed by atoms with van der Waals surface area (Å²) >= 11 is 0. The molecule has 0 rings (SSSR count). The van der Waals surface area contributed by atoms with E-state index < -0.39 is 0 Å². The second kappa shape index (κ2) is 15.8. The highest BCUT2D eigenvalue weighted by Crippen LogP contribution is 1.56. The third-order valence-electron chi connectivity index (χ3n) is 0.530. The number of aldehydes is 1. The van der Waals surface area contributed by atoms with E-state index in [0.717, 1.165) is 0 Å². The summed E-state index contributed by atoms with van der Waals surface area (Å²) in [7, 11) is 3.03.